The van der Waals surface area contributed by atoms with Crippen LogP contribution in [0.25, 0.3) is 0 Å². The number of aromatic nitrogens is 2. The molecule has 0 aliphatic rings. The zero-order valence-electron chi connectivity index (χ0n) is 9.64. The summed E-state index contributed by atoms with van der Waals surface area (Å²) in [5, 5.41) is 0. The zero-order chi connectivity index (χ0) is 12.1. The first kappa shape index (κ1) is 11.5. The Bertz CT molecular complexity index is 482. The number of para-hydroxylation sites is 2. The monoisotopic (exact) mass is 233 g/mol. The minimum Gasteiger partial charge on any atom is -0.493 e. The average molecular weight is 233 g/mol. The Hall–Kier alpha value is -2.01. The molecule has 0 aliphatic carbocycles. The van der Waals surface area contributed by atoms with Gasteiger partial charge >= 0.3 is 0 Å². The van der Waals surface area contributed by atoms with Crippen molar-refractivity contribution in [1.82, 2.24) is 9.97 Å². The molecular weight excluding hydrogens is 218 g/mol. The summed E-state index contributed by atoms with van der Waals surface area (Å²) >= 11 is 0. The largest absolute Gasteiger partial charge is 0.493 e. The molecule has 1 heterocycles. The van der Waals surface area contributed by atoms with E-state index < -0.39 is 0 Å². The van der Waals surface area contributed by atoms with Crippen LogP contribution < -0.4 is 15.2 Å². The summed E-state index contributed by atoms with van der Waals surface area (Å²) < 4.78 is 10.8. The third kappa shape index (κ3) is 2.76. The number of aromatic amines is 1. The van der Waals surface area contributed by atoms with E-state index in [0.717, 1.165) is 11.5 Å². The lowest BCUT2D eigenvalue weighted by atomic mass is 10.3. The van der Waals surface area contributed by atoms with Crippen LogP contribution in [0.3, 0.4) is 0 Å². The van der Waals surface area contributed by atoms with Crippen molar-refractivity contribution in [3.05, 3.63) is 42.0 Å². The van der Waals surface area contributed by atoms with Crippen molar-refractivity contribution in [2.24, 2.45) is 5.73 Å². The number of methoxy groups -OCH3 is 1. The van der Waals surface area contributed by atoms with Gasteiger partial charge in [-0.25, -0.2) is 4.98 Å². The van der Waals surface area contributed by atoms with Crippen molar-refractivity contribution >= 4 is 0 Å². The number of nitrogens with one attached hydrogen (secondary N) is 1. The Labute approximate surface area is 99.6 Å². The fourth-order valence-corrected chi connectivity index (χ4v) is 1.47. The van der Waals surface area contributed by atoms with E-state index >= 15 is 0 Å². The average Bonchev–Trinajstić information content (AvgIpc) is 2.84. The van der Waals surface area contributed by atoms with Crippen LogP contribution in [-0.2, 0) is 13.2 Å². The van der Waals surface area contributed by atoms with E-state index in [0.29, 0.717) is 24.7 Å². The number of ether oxygens (including phenoxy) is 2. The molecule has 0 unspecified atom stereocenters. The van der Waals surface area contributed by atoms with Gasteiger partial charge in [0.05, 0.1) is 7.11 Å². The quantitative estimate of drug-likeness (QED) is 0.820. The first-order valence-corrected chi connectivity index (χ1v) is 5.32. The fourth-order valence-electron chi connectivity index (χ4n) is 1.47. The second kappa shape index (κ2) is 5.36. The molecule has 1 aromatic carbocycles. The highest BCUT2D eigenvalue weighted by Crippen LogP contribution is 2.26. The third-order valence-corrected chi connectivity index (χ3v) is 2.33. The number of nitrogens with zero attached hydrogens (tertiary/aromatic N) is 1. The third-order valence-electron chi connectivity index (χ3n) is 2.33. The molecule has 0 spiro atoms. The molecule has 0 amide bonds. The van der Waals surface area contributed by atoms with Crippen LogP contribution in [0.4, 0.5) is 0 Å². The highest BCUT2D eigenvalue weighted by Gasteiger charge is 2.04. The summed E-state index contributed by atoms with van der Waals surface area (Å²) in [5.41, 5.74) is 6.38. The first-order chi connectivity index (χ1) is 8.33. The molecule has 17 heavy (non-hydrogen) atoms. The minimum absolute atomic E-state index is 0.361. The van der Waals surface area contributed by atoms with Crippen LogP contribution in [-0.4, -0.2) is 17.1 Å². The van der Waals surface area contributed by atoms with E-state index in [9.17, 15) is 0 Å². The van der Waals surface area contributed by atoms with Crippen molar-refractivity contribution in [1.29, 1.82) is 0 Å². The molecule has 0 saturated heterocycles. The Morgan fingerprint density at radius 3 is 2.71 bits per heavy atom. The Balaban J connectivity index is 2.01. The van der Waals surface area contributed by atoms with Gasteiger partial charge in [-0.1, -0.05) is 12.1 Å². The molecule has 5 nitrogen and oxygen atoms in total. The second-order valence-corrected chi connectivity index (χ2v) is 3.50. The highest BCUT2D eigenvalue weighted by atomic mass is 16.5. The maximum absolute atomic E-state index is 5.61. The number of rotatable bonds is 5. The number of nitrogens with two attached hydrogens (primary N) is 1. The van der Waals surface area contributed by atoms with Crippen LogP contribution >= 0.6 is 0 Å². The number of imidazole rings is 1. The van der Waals surface area contributed by atoms with Gasteiger partial charge < -0.3 is 20.2 Å². The molecule has 0 fully saturated rings. The number of hydrogen-bond acceptors (Lipinski definition) is 4. The summed E-state index contributed by atoms with van der Waals surface area (Å²) in [6, 6.07) is 7.49. The lowest BCUT2D eigenvalue weighted by Crippen LogP contribution is -2.00. The molecule has 0 radical (unpaired) electrons. The number of hydrogen-bond donors (Lipinski definition) is 2. The molecule has 2 rings (SSSR count). The first-order valence-electron chi connectivity index (χ1n) is 5.32. The smallest absolute Gasteiger partial charge is 0.161 e. The van der Waals surface area contributed by atoms with Crippen molar-refractivity contribution in [2.45, 2.75) is 13.2 Å². The van der Waals surface area contributed by atoms with E-state index in [1.165, 1.54) is 0 Å². The Kier molecular flexibility index (Phi) is 3.62. The van der Waals surface area contributed by atoms with Gasteiger partial charge in [-0.05, 0) is 12.1 Å². The van der Waals surface area contributed by atoms with Crippen LogP contribution in [0, 0.1) is 0 Å². The molecule has 0 bridgehead atoms. The van der Waals surface area contributed by atoms with Gasteiger partial charge in [0.25, 0.3) is 0 Å². The van der Waals surface area contributed by atoms with Gasteiger partial charge in [0.15, 0.2) is 11.5 Å². The number of benzene rings is 1. The normalized spacial score (nSPS) is 10.2. The standard InChI is InChI=1S/C12H15N3O2/c1-16-10-4-2-3-5-11(10)17-8-12-14-7-9(6-13)15-12/h2-5,7H,6,8,13H2,1H3,(H,14,15). The van der Waals surface area contributed by atoms with Crippen molar-refractivity contribution in [3.63, 3.8) is 0 Å². The maximum atomic E-state index is 5.61. The molecule has 2 aromatic rings. The SMILES string of the molecule is COc1ccccc1OCc1ncc(CN)[nH]1. The fraction of sp³-hybridized carbons (Fsp3) is 0.250. The predicted octanol–water partition coefficient (Wildman–Crippen LogP) is 1.46. The van der Waals surface area contributed by atoms with Crippen LogP contribution in [0.5, 0.6) is 11.5 Å². The van der Waals surface area contributed by atoms with Gasteiger partial charge in [-0.3, -0.25) is 0 Å². The molecule has 0 aliphatic heterocycles. The molecule has 0 atom stereocenters. The lowest BCUT2D eigenvalue weighted by Gasteiger charge is -2.08. The summed E-state index contributed by atoms with van der Waals surface area (Å²) in [6.45, 7) is 0.808. The summed E-state index contributed by atoms with van der Waals surface area (Å²) in [5.74, 6) is 2.15. The van der Waals surface area contributed by atoms with Crippen LogP contribution in [0.15, 0.2) is 30.5 Å². The summed E-state index contributed by atoms with van der Waals surface area (Å²) in [6.07, 6.45) is 1.71. The highest BCUT2D eigenvalue weighted by molar-refractivity contribution is 5.39. The van der Waals surface area contributed by atoms with E-state index in [-0.39, 0.29) is 0 Å². The van der Waals surface area contributed by atoms with Gasteiger partial charge in [-0.15, -0.1) is 0 Å². The Morgan fingerprint density at radius 2 is 2.06 bits per heavy atom. The minimum atomic E-state index is 0.361. The van der Waals surface area contributed by atoms with Crippen LogP contribution in [0.2, 0.25) is 0 Å². The summed E-state index contributed by atoms with van der Waals surface area (Å²) in [7, 11) is 1.61. The maximum Gasteiger partial charge on any atom is 0.161 e. The summed E-state index contributed by atoms with van der Waals surface area (Å²) in [4.78, 5) is 7.22. The molecule has 90 valence electrons. The van der Waals surface area contributed by atoms with Crippen molar-refractivity contribution in [3.8, 4) is 11.5 Å². The lowest BCUT2D eigenvalue weighted by molar-refractivity contribution is 0.277. The van der Waals surface area contributed by atoms with E-state index in [2.05, 4.69) is 9.97 Å². The molecule has 5 heteroatoms. The zero-order valence-corrected chi connectivity index (χ0v) is 9.64. The molecule has 0 saturated carbocycles. The van der Waals surface area contributed by atoms with Gasteiger partial charge in [0.2, 0.25) is 0 Å². The Morgan fingerprint density at radius 1 is 1.29 bits per heavy atom. The molecule has 3 N–H and O–H groups in total. The molecular formula is C12H15N3O2. The van der Waals surface area contributed by atoms with E-state index in [1.54, 1.807) is 13.3 Å². The molecule has 1 aromatic heterocycles. The topological polar surface area (TPSA) is 73.2 Å². The van der Waals surface area contributed by atoms with E-state index in [4.69, 9.17) is 15.2 Å². The predicted molar refractivity (Wildman–Crippen MR) is 63.8 cm³/mol. The second-order valence-electron chi connectivity index (χ2n) is 3.50. The van der Waals surface area contributed by atoms with Crippen molar-refractivity contribution in [2.75, 3.05) is 7.11 Å². The van der Waals surface area contributed by atoms with Gasteiger partial charge in [0, 0.05) is 18.4 Å². The number of H-pyrrole nitrogens is 1. The van der Waals surface area contributed by atoms with E-state index in [1.807, 2.05) is 24.3 Å². The van der Waals surface area contributed by atoms with Crippen molar-refractivity contribution < 1.29 is 9.47 Å². The van der Waals surface area contributed by atoms with Gasteiger partial charge in [0.1, 0.15) is 12.4 Å². The van der Waals surface area contributed by atoms with Gasteiger partial charge in [-0.2, -0.15) is 0 Å². The van der Waals surface area contributed by atoms with Crippen LogP contribution in [0.1, 0.15) is 11.5 Å².